The van der Waals surface area contributed by atoms with Crippen LogP contribution in [-0.4, -0.2) is 33.4 Å². The number of hydrogen-bond donors (Lipinski definition) is 2. The number of nitrogens with zero attached hydrogens (tertiary/aromatic N) is 2. The molecule has 0 spiro atoms. The Bertz CT molecular complexity index is 1090. The van der Waals surface area contributed by atoms with E-state index in [1.165, 1.54) is 68.9 Å². The maximum absolute atomic E-state index is 13.4. The molecule has 0 bridgehead atoms. The number of aryl methyl sites for hydroxylation is 1. The highest BCUT2D eigenvalue weighted by Gasteiger charge is 2.38. The summed E-state index contributed by atoms with van der Waals surface area (Å²) in [6, 6.07) is 7.23. The molecule has 2 fully saturated rings. The van der Waals surface area contributed by atoms with Gasteiger partial charge < -0.3 is 15.8 Å². The zero-order valence-electron chi connectivity index (χ0n) is 23.9. The highest BCUT2D eigenvalue weighted by molar-refractivity contribution is 5.95. The lowest BCUT2D eigenvalue weighted by atomic mass is 9.66. The van der Waals surface area contributed by atoms with E-state index in [-0.39, 0.29) is 11.8 Å². The molecule has 0 saturated heterocycles. The van der Waals surface area contributed by atoms with Crippen molar-refractivity contribution >= 4 is 17.7 Å². The van der Waals surface area contributed by atoms with Crippen molar-refractivity contribution in [1.82, 2.24) is 9.78 Å². The second-order valence-corrected chi connectivity index (χ2v) is 12.4. The van der Waals surface area contributed by atoms with Crippen molar-refractivity contribution in [2.24, 2.45) is 23.5 Å². The van der Waals surface area contributed by atoms with Gasteiger partial charge in [0, 0.05) is 11.3 Å². The average molecular weight is 523 g/mol. The number of anilines is 1. The smallest absolute Gasteiger partial charge is 0.435 e. The Morgan fingerprint density at radius 1 is 0.947 bits per heavy atom. The van der Waals surface area contributed by atoms with Crippen LogP contribution in [0.4, 0.5) is 10.5 Å². The van der Waals surface area contributed by atoms with Crippen LogP contribution in [0.5, 0.6) is 0 Å². The summed E-state index contributed by atoms with van der Waals surface area (Å²) in [6.07, 6.45) is 11.9. The molecule has 0 aliphatic heterocycles. The quantitative estimate of drug-likeness (QED) is 0.426. The van der Waals surface area contributed by atoms with Crippen molar-refractivity contribution in [2.75, 3.05) is 5.32 Å². The molecule has 1 unspecified atom stereocenters. The Morgan fingerprint density at radius 3 is 1.97 bits per heavy atom. The van der Waals surface area contributed by atoms with E-state index in [2.05, 4.69) is 10.4 Å². The minimum absolute atomic E-state index is 0.0796. The van der Waals surface area contributed by atoms with Crippen LogP contribution in [0.1, 0.15) is 96.4 Å². The van der Waals surface area contributed by atoms with Crippen LogP contribution in [0.15, 0.2) is 24.3 Å². The molecule has 3 N–H and O–H groups in total. The van der Waals surface area contributed by atoms with Crippen molar-refractivity contribution in [1.29, 1.82) is 0 Å². The van der Waals surface area contributed by atoms with Crippen LogP contribution >= 0.6 is 0 Å². The van der Waals surface area contributed by atoms with Crippen LogP contribution in [0.2, 0.25) is 0 Å². The number of benzene rings is 1. The Balaban J connectivity index is 1.47. The Labute approximate surface area is 227 Å². The van der Waals surface area contributed by atoms with Gasteiger partial charge in [-0.2, -0.15) is 9.78 Å². The van der Waals surface area contributed by atoms with E-state index in [4.69, 9.17) is 10.5 Å². The fraction of sp³-hybridized carbons (Fsp3) is 0.645. The van der Waals surface area contributed by atoms with Gasteiger partial charge >= 0.3 is 6.09 Å². The molecule has 2 aliphatic rings. The third-order valence-corrected chi connectivity index (χ3v) is 8.40. The van der Waals surface area contributed by atoms with Gasteiger partial charge in [-0.15, -0.1) is 0 Å². The topological polar surface area (TPSA) is 99.2 Å². The maximum Gasteiger partial charge on any atom is 0.435 e. The molecule has 1 atom stereocenters. The first-order valence-corrected chi connectivity index (χ1v) is 14.5. The predicted octanol–water partition coefficient (Wildman–Crippen LogP) is 6.99. The minimum Gasteiger partial charge on any atom is -0.442 e. The number of hydrogen-bond acceptors (Lipinski definition) is 5. The number of aromatic nitrogens is 2. The number of carbonyl (C=O) groups excluding carboxylic acids is 2. The van der Waals surface area contributed by atoms with E-state index in [1.54, 1.807) is 0 Å². The van der Waals surface area contributed by atoms with Crippen LogP contribution in [-0.2, 0) is 9.53 Å². The largest absolute Gasteiger partial charge is 0.442 e. The van der Waals surface area contributed by atoms with Crippen LogP contribution in [0.25, 0.3) is 11.1 Å². The van der Waals surface area contributed by atoms with Gasteiger partial charge in [-0.3, -0.25) is 4.79 Å². The third-order valence-electron chi connectivity index (χ3n) is 8.40. The molecule has 2 aliphatic carbocycles. The van der Waals surface area contributed by atoms with Crippen molar-refractivity contribution in [3.63, 3.8) is 0 Å². The third kappa shape index (κ3) is 6.66. The Morgan fingerprint density at radius 2 is 1.47 bits per heavy atom. The molecule has 38 heavy (non-hydrogen) atoms. The summed E-state index contributed by atoms with van der Waals surface area (Å²) in [5, 5.41) is 7.53. The number of carbonyl (C=O) groups is 2. The average Bonchev–Trinajstić information content (AvgIpc) is 3.19. The molecule has 1 aromatic carbocycles. The van der Waals surface area contributed by atoms with E-state index >= 15 is 0 Å². The van der Waals surface area contributed by atoms with Crippen LogP contribution in [0, 0.1) is 31.6 Å². The van der Waals surface area contributed by atoms with Gasteiger partial charge in [0.25, 0.3) is 0 Å². The van der Waals surface area contributed by atoms with Crippen LogP contribution < -0.4 is 11.1 Å². The highest BCUT2D eigenvalue weighted by Crippen LogP contribution is 2.41. The second-order valence-electron chi connectivity index (χ2n) is 12.4. The molecule has 7 nitrogen and oxygen atoms in total. The molecular weight excluding hydrogens is 476 g/mol. The molecule has 2 saturated carbocycles. The number of nitrogens with one attached hydrogen (secondary N) is 1. The zero-order valence-corrected chi connectivity index (χ0v) is 23.9. The lowest BCUT2D eigenvalue weighted by molar-refractivity contribution is -0.120. The van der Waals surface area contributed by atoms with Crippen molar-refractivity contribution in [3.8, 4) is 11.1 Å². The zero-order chi connectivity index (χ0) is 27.4. The van der Waals surface area contributed by atoms with Gasteiger partial charge in [0.15, 0.2) is 0 Å². The van der Waals surface area contributed by atoms with Gasteiger partial charge in [0.2, 0.25) is 5.91 Å². The van der Waals surface area contributed by atoms with E-state index in [0.717, 1.165) is 28.2 Å². The lowest BCUT2D eigenvalue weighted by Gasteiger charge is -2.40. The minimum atomic E-state index is -0.600. The fourth-order valence-electron chi connectivity index (χ4n) is 6.67. The summed E-state index contributed by atoms with van der Waals surface area (Å²) in [5.41, 5.74) is 10.2. The predicted molar refractivity (Wildman–Crippen MR) is 152 cm³/mol. The molecule has 0 radical (unpaired) electrons. The first-order chi connectivity index (χ1) is 18.0. The van der Waals surface area contributed by atoms with Gasteiger partial charge in [-0.25, -0.2) is 4.79 Å². The SMILES string of the molecule is Cc1nn(C(=O)OC(C)(C)C)c(C)c1-c1ccc(NC(=O)C(N)C(C2CCCCC2)C2CCCCC2)cc1. The van der Waals surface area contributed by atoms with Gasteiger partial charge in [-0.1, -0.05) is 76.3 Å². The lowest BCUT2D eigenvalue weighted by Crippen LogP contribution is -2.48. The second kappa shape index (κ2) is 12.0. The number of ether oxygens (including phenoxy) is 1. The van der Waals surface area contributed by atoms with E-state index in [0.29, 0.717) is 11.8 Å². The Kier molecular flexibility index (Phi) is 8.96. The molecular formula is C31H46N4O3. The normalized spacial score (nSPS) is 18.4. The van der Waals surface area contributed by atoms with Crippen molar-refractivity contribution < 1.29 is 14.3 Å². The van der Waals surface area contributed by atoms with E-state index < -0.39 is 17.7 Å². The fourth-order valence-corrected chi connectivity index (χ4v) is 6.67. The highest BCUT2D eigenvalue weighted by atomic mass is 16.6. The number of rotatable bonds is 6. The summed E-state index contributed by atoms with van der Waals surface area (Å²) < 4.78 is 6.82. The van der Waals surface area contributed by atoms with Crippen molar-refractivity contribution in [3.05, 3.63) is 35.7 Å². The first kappa shape index (κ1) is 28.3. The molecule has 2 aromatic rings. The van der Waals surface area contributed by atoms with E-state index in [9.17, 15) is 9.59 Å². The summed E-state index contributed by atoms with van der Waals surface area (Å²) in [4.78, 5) is 26.0. The van der Waals surface area contributed by atoms with Gasteiger partial charge in [-0.05, 0) is 70.1 Å². The number of nitrogens with two attached hydrogens (primary N) is 1. The molecule has 4 rings (SSSR count). The summed E-state index contributed by atoms with van der Waals surface area (Å²) in [6.45, 7) is 9.26. The molecule has 1 heterocycles. The monoisotopic (exact) mass is 522 g/mol. The summed E-state index contributed by atoms with van der Waals surface area (Å²) >= 11 is 0. The maximum atomic E-state index is 13.4. The Hall–Kier alpha value is -2.67. The molecule has 1 amide bonds. The molecule has 208 valence electrons. The summed E-state index contributed by atoms with van der Waals surface area (Å²) in [5.74, 6) is 1.30. The first-order valence-electron chi connectivity index (χ1n) is 14.5. The van der Waals surface area contributed by atoms with Crippen LogP contribution in [0.3, 0.4) is 0 Å². The number of amides is 1. The molecule has 1 aromatic heterocycles. The molecule has 7 heteroatoms. The van der Waals surface area contributed by atoms with Crippen molar-refractivity contribution in [2.45, 2.75) is 110 Å². The van der Waals surface area contributed by atoms with E-state index in [1.807, 2.05) is 58.9 Å². The standard InChI is InChI=1S/C31H46N4O3/c1-20-26(21(2)35(34-20)30(37)38-31(3,4)5)24-16-18-25(19-17-24)33-29(36)28(32)27(22-12-8-6-9-13-22)23-14-10-7-11-15-23/h16-19,22-23,27-28H,6-15,32H2,1-5H3,(H,33,36). The summed E-state index contributed by atoms with van der Waals surface area (Å²) in [7, 11) is 0. The van der Waals surface area contributed by atoms with Gasteiger partial charge in [0.05, 0.1) is 17.4 Å². The van der Waals surface area contributed by atoms with Gasteiger partial charge in [0.1, 0.15) is 5.60 Å².